The molecule has 1 amide bonds. The first-order chi connectivity index (χ1) is 9.97. The van der Waals surface area contributed by atoms with Crippen molar-refractivity contribution in [1.82, 2.24) is 5.32 Å². The van der Waals surface area contributed by atoms with Gasteiger partial charge in [-0.3, -0.25) is 9.59 Å². The molecule has 2 rings (SSSR count). The lowest BCUT2D eigenvalue weighted by atomic mass is 9.81. The molecular formula is C16H20FNO3. The minimum atomic E-state index is -0.820. The molecule has 1 saturated carbocycles. The van der Waals surface area contributed by atoms with E-state index in [1.807, 2.05) is 6.92 Å². The molecule has 1 aliphatic carbocycles. The Kier molecular flexibility index (Phi) is 4.94. The van der Waals surface area contributed by atoms with E-state index in [1.165, 1.54) is 12.1 Å². The van der Waals surface area contributed by atoms with Gasteiger partial charge in [0.1, 0.15) is 5.82 Å². The van der Waals surface area contributed by atoms with E-state index in [0.29, 0.717) is 12.8 Å². The van der Waals surface area contributed by atoms with E-state index in [-0.39, 0.29) is 23.7 Å². The van der Waals surface area contributed by atoms with E-state index in [4.69, 9.17) is 5.11 Å². The van der Waals surface area contributed by atoms with Crippen molar-refractivity contribution in [2.45, 2.75) is 38.6 Å². The van der Waals surface area contributed by atoms with Crippen molar-refractivity contribution in [1.29, 1.82) is 0 Å². The fourth-order valence-corrected chi connectivity index (χ4v) is 2.82. The molecule has 3 unspecified atom stereocenters. The predicted octanol–water partition coefficient (Wildman–Crippen LogP) is 2.89. The monoisotopic (exact) mass is 293 g/mol. The topological polar surface area (TPSA) is 66.4 Å². The summed E-state index contributed by atoms with van der Waals surface area (Å²) in [5.41, 5.74) is 0.829. The van der Waals surface area contributed by atoms with Gasteiger partial charge in [0.2, 0.25) is 5.91 Å². The van der Waals surface area contributed by atoms with E-state index < -0.39 is 11.9 Å². The highest BCUT2D eigenvalue weighted by molar-refractivity contribution is 5.80. The molecule has 114 valence electrons. The first-order valence-corrected chi connectivity index (χ1v) is 7.26. The summed E-state index contributed by atoms with van der Waals surface area (Å²) in [6.45, 7) is 1.84. The molecule has 1 aliphatic rings. The number of amides is 1. The summed E-state index contributed by atoms with van der Waals surface area (Å²) < 4.78 is 12.9. The second kappa shape index (κ2) is 6.70. The van der Waals surface area contributed by atoms with Crippen molar-refractivity contribution >= 4 is 11.9 Å². The Labute approximate surface area is 123 Å². The van der Waals surface area contributed by atoms with E-state index >= 15 is 0 Å². The van der Waals surface area contributed by atoms with Gasteiger partial charge in [-0.05, 0) is 43.9 Å². The van der Waals surface area contributed by atoms with Crippen LogP contribution in [0.15, 0.2) is 24.3 Å². The molecule has 0 radical (unpaired) electrons. The Hall–Kier alpha value is -1.91. The van der Waals surface area contributed by atoms with Gasteiger partial charge in [-0.1, -0.05) is 18.6 Å². The van der Waals surface area contributed by atoms with Gasteiger partial charge >= 0.3 is 5.97 Å². The molecule has 5 heteroatoms. The van der Waals surface area contributed by atoms with Crippen molar-refractivity contribution in [2.24, 2.45) is 11.8 Å². The second-order valence-electron chi connectivity index (χ2n) is 5.68. The molecule has 0 saturated heterocycles. The van der Waals surface area contributed by atoms with Crippen molar-refractivity contribution in [2.75, 3.05) is 0 Å². The largest absolute Gasteiger partial charge is 0.481 e. The average molecular weight is 293 g/mol. The highest BCUT2D eigenvalue weighted by Crippen LogP contribution is 2.30. The Morgan fingerprint density at radius 2 is 1.86 bits per heavy atom. The molecule has 1 fully saturated rings. The summed E-state index contributed by atoms with van der Waals surface area (Å²) in [5.74, 6) is -1.91. The molecule has 3 atom stereocenters. The standard InChI is InChI=1S/C16H20FNO3/c1-10(11-5-7-14(17)8-6-11)18-15(19)12-3-2-4-13(9-12)16(20)21/h5-8,10,12-13H,2-4,9H2,1H3,(H,18,19)(H,20,21). The van der Waals surface area contributed by atoms with E-state index in [9.17, 15) is 14.0 Å². The predicted molar refractivity (Wildman–Crippen MR) is 76.0 cm³/mol. The van der Waals surface area contributed by atoms with Gasteiger partial charge in [0, 0.05) is 5.92 Å². The Morgan fingerprint density at radius 3 is 2.48 bits per heavy atom. The fraction of sp³-hybridized carbons (Fsp3) is 0.500. The van der Waals surface area contributed by atoms with Gasteiger partial charge in [-0.2, -0.15) is 0 Å². The minimum absolute atomic E-state index is 0.113. The van der Waals surface area contributed by atoms with Gasteiger partial charge in [0.25, 0.3) is 0 Å². The molecule has 0 bridgehead atoms. The molecule has 2 N–H and O–H groups in total. The van der Waals surface area contributed by atoms with E-state index in [0.717, 1.165) is 18.4 Å². The first-order valence-electron chi connectivity index (χ1n) is 7.26. The van der Waals surface area contributed by atoms with E-state index in [1.54, 1.807) is 12.1 Å². The number of nitrogens with one attached hydrogen (secondary N) is 1. The zero-order valence-corrected chi connectivity index (χ0v) is 12.0. The quantitative estimate of drug-likeness (QED) is 0.897. The molecule has 0 spiro atoms. The number of carbonyl (C=O) groups is 2. The summed E-state index contributed by atoms with van der Waals surface area (Å²) in [7, 11) is 0. The van der Waals surface area contributed by atoms with Gasteiger partial charge in [-0.25, -0.2) is 4.39 Å². The molecule has 21 heavy (non-hydrogen) atoms. The van der Waals surface area contributed by atoms with Crippen LogP contribution in [-0.4, -0.2) is 17.0 Å². The maximum atomic E-state index is 12.9. The van der Waals surface area contributed by atoms with Crippen molar-refractivity contribution in [3.8, 4) is 0 Å². The zero-order valence-electron chi connectivity index (χ0n) is 12.0. The van der Waals surface area contributed by atoms with Crippen LogP contribution in [0.25, 0.3) is 0 Å². The lowest BCUT2D eigenvalue weighted by Crippen LogP contribution is -2.36. The summed E-state index contributed by atoms with van der Waals surface area (Å²) in [4.78, 5) is 23.3. The molecule has 0 aromatic heterocycles. The lowest BCUT2D eigenvalue weighted by Gasteiger charge is -2.27. The highest BCUT2D eigenvalue weighted by Gasteiger charge is 2.31. The van der Waals surface area contributed by atoms with Crippen LogP contribution in [0.1, 0.15) is 44.2 Å². The van der Waals surface area contributed by atoms with Crippen LogP contribution in [0.5, 0.6) is 0 Å². The number of halogens is 1. The zero-order chi connectivity index (χ0) is 15.4. The number of aliphatic carboxylic acids is 1. The number of hydrogen-bond donors (Lipinski definition) is 2. The lowest BCUT2D eigenvalue weighted by molar-refractivity contribution is -0.144. The summed E-state index contributed by atoms with van der Waals surface area (Å²) in [5, 5.41) is 11.9. The summed E-state index contributed by atoms with van der Waals surface area (Å²) in [6.07, 6.45) is 2.54. The van der Waals surface area contributed by atoms with Crippen molar-refractivity contribution in [3.63, 3.8) is 0 Å². The molecule has 4 nitrogen and oxygen atoms in total. The third-order valence-electron chi connectivity index (χ3n) is 4.12. The maximum absolute atomic E-state index is 12.9. The van der Waals surface area contributed by atoms with Crippen LogP contribution >= 0.6 is 0 Å². The maximum Gasteiger partial charge on any atom is 0.306 e. The number of benzene rings is 1. The van der Waals surface area contributed by atoms with E-state index in [2.05, 4.69) is 5.32 Å². The highest BCUT2D eigenvalue weighted by atomic mass is 19.1. The SMILES string of the molecule is CC(NC(=O)C1CCCC(C(=O)O)C1)c1ccc(F)cc1. The van der Waals surface area contributed by atoms with Gasteiger partial charge in [0.05, 0.1) is 12.0 Å². The number of rotatable bonds is 4. The van der Waals surface area contributed by atoms with Crippen LogP contribution < -0.4 is 5.32 Å². The molecule has 0 heterocycles. The Morgan fingerprint density at radius 1 is 1.24 bits per heavy atom. The number of hydrogen-bond acceptors (Lipinski definition) is 2. The van der Waals surface area contributed by atoms with Crippen LogP contribution in [-0.2, 0) is 9.59 Å². The van der Waals surface area contributed by atoms with Gasteiger partial charge in [-0.15, -0.1) is 0 Å². The summed E-state index contributed by atoms with van der Waals surface area (Å²) in [6, 6.07) is 5.78. The van der Waals surface area contributed by atoms with Crippen LogP contribution in [0.3, 0.4) is 0 Å². The average Bonchev–Trinajstić information content (AvgIpc) is 2.48. The van der Waals surface area contributed by atoms with Crippen molar-refractivity contribution < 1.29 is 19.1 Å². The Balaban J connectivity index is 1.94. The van der Waals surface area contributed by atoms with Gasteiger partial charge in [0.15, 0.2) is 0 Å². The third kappa shape index (κ3) is 4.03. The second-order valence-corrected chi connectivity index (χ2v) is 5.68. The Bertz CT molecular complexity index is 515. The first kappa shape index (κ1) is 15.5. The number of carboxylic acids is 1. The minimum Gasteiger partial charge on any atom is -0.481 e. The molecule has 0 aliphatic heterocycles. The summed E-state index contributed by atoms with van der Waals surface area (Å²) >= 11 is 0. The normalized spacial score (nSPS) is 23.3. The molecular weight excluding hydrogens is 273 g/mol. The third-order valence-corrected chi connectivity index (χ3v) is 4.12. The fourth-order valence-electron chi connectivity index (χ4n) is 2.82. The van der Waals surface area contributed by atoms with Crippen LogP contribution in [0, 0.1) is 17.7 Å². The number of carboxylic acid groups (broad SMARTS) is 1. The number of carbonyl (C=O) groups excluding carboxylic acids is 1. The van der Waals surface area contributed by atoms with Crippen LogP contribution in [0.4, 0.5) is 4.39 Å². The van der Waals surface area contributed by atoms with Crippen molar-refractivity contribution in [3.05, 3.63) is 35.6 Å². The van der Waals surface area contributed by atoms with Gasteiger partial charge < -0.3 is 10.4 Å². The van der Waals surface area contributed by atoms with Crippen LogP contribution in [0.2, 0.25) is 0 Å². The molecule has 1 aromatic rings. The smallest absolute Gasteiger partial charge is 0.306 e. The molecule has 1 aromatic carbocycles.